The third kappa shape index (κ3) is 2.69. The second-order valence-corrected chi connectivity index (χ2v) is 3.74. The lowest BCUT2D eigenvalue weighted by atomic mass is 10.0. The maximum atomic E-state index is 3.29. The van der Waals surface area contributed by atoms with Gasteiger partial charge in [-0.05, 0) is 35.6 Å². The van der Waals surface area contributed by atoms with Gasteiger partial charge in [-0.2, -0.15) is 0 Å². The molecule has 0 bridgehead atoms. The van der Waals surface area contributed by atoms with Crippen molar-refractivity contribution in [1.29, 1.82) is 0 Å². The van der Waals surface area contributed by atoms with Crippen molar-refractivity contribution in [3.8, 4) is 0 Å². The fourth-order valence-corrected chi connectivity index (χ4v) is 1.71. The molecule has 75 valence electrons. The monoisotopic (exact) mass is 195 g/mol. The number of rotatable bonds is 3. The van der Waals surface area contributed by atoms with Crippen LogP contribution in [0.1, 0.15) is 23.6 Å². The quantitative estimate of drug-likeness (QED) is 0.701. The van der Waals surface area contributed by atoms with E-state index in [9.17, 15) is 0 Å². The molecule has 0 saturated heterocycles. The Hall–Kier alpha value is -1.56. The topological polar surface area (TPSA) is 0 Å². The third-order valence-electron chi connectivity index (χ3n) is 2.57. The smallest absolute Gasteiger partial charge is 0.00195 e. The zero-order chi connectivity index (χ0) is 10.5. The summed E-state index contributed by atoms with van der Waals surface area (Å²) in [5, 5.41) is 0. The minimum absolute atomic E-state index is 0.981. The fraction of sp³-hybridized carbons (Fsp3) is 0.200. The SMILES string of the molecule is CCc1cc[c]c(Cc2ccccc2)c1. The zero-order valence-electron chi connectivity index (χ0n) is 9.03. The Morgan fingerprint density at radius 1 is 1.00 bits per heavy atom. The molecule has 0 aliphatic rings. The van der Waals surface area contributed by atoms with Gasteiger partial charge >= 0.3 is 0 Å². The van der Waals surface area contributed by atoms with E-state index in [1.165, 1.54) is 16.7 Å². The van der Waals surface area contributed by atoms with Crippen LogP contribution in [0.3, 0.4) is 0 Å². The molecule has 0 fully saturated rings. The van der Waals surface area contributed by atoms with E-state index in [1.807, 2.05) is 6.07 Å². The van der Waals surface area contributed by atoms with Gasteiger partial charge in [0.05, 0.1) is 0 Å². The lowest BCUT2D eigenvalue weighted by Gasteiger charge is -2.03. The lowest BCUT2D eigenvalue weighted by molar-refractivity contribution is 1.10. The van der Waals surface area contributed by atoms with Gasteiger partial charge in [-0.3, -0.25) is 0 Å². The Labute approximate surface area is 91.6 Å². The number of hydrogen-bond acceptors (Lipinski definition) is 0. The maximum Gasteiger partial charge on any atom is -0.00195 e. The molecule has 0 amide bonds. The van der Waals surface area contributed by atoms with E-state index in [1.54, 1.807) is 0 Å². The Morgan fingerprint density at radius 3 is 2.53 bits per heavy atom. The summed E-state index contributed by atoms with van der Waals surface area (Å²) in [6.07, 6.45) is 2.07. The summed E-state index contributed by atoms with van der Waals surface area (Å²) in [6, 6.07) is 20.2. The Kier molecular flexibility index (Phi) is 3.18. The van der Waals surface area contributed by atoms with Crippen molar-refractivity contribution in [3.63, 3.8) is 0 Å². The second kappa shape index (κ2) is 4.79. The average Bonchev–Trinajstić information content (AvgIpc) is 2.31. The molecule has 0 saturated carbocycles. The highest BCUT2D eigenvalue weighted by Gasteiger charge is 1.96. The molecule has 1 radical (unpaired) electrons. The predicted octanol–water partition coefficient (Wildman–Crippen LogP) is 3.64. The van der Waals surface area contributed by atoms with Gasteiger partial charge in [-0.15, -0.1) is 0 Å². The van der Waals surface area contributed by atoms with Crippen molar-refractivity contribution in [3.05, 3.63) is 71.3 Å². The zero-order valence-corrected chi connectivity index (χ0v) is 9.03. The average molecular weight is 195 g/mol. The van der Waals surface area contributed by atoms with Gasteiger partial charge < -0.3 is 0 Å². The van der Waals surface area contributed by atoms with E-state index in [0.29, 0.717) is 0 Å². The van der Waals surface area contributed by atoms with Crippen LogP contribution in [0.5, 0.6) is 0 Å². The first kappa shape index (κ1) is 9.97. The lowest BCUT2D eigenvalue weighted by Crippen LogP contribution is -1.89. The summed E-state index contributed by atoms with van der Waals surface area (Å²) >= 11 is 0. The first-order chi connectivity index (χ1) is 7.38. The van der Waals surface area contributed by atoms with Crippen molar-refractivity contribution >= 4 is 0 Å². The molecule has 0 N–H and O–H groups in total. The van der Waals surface area contributed by atoms with E-state index < -0.39 is 0 Å². The summed E-state index contributed by atoms with van der Waals surface area (Å²) in [6.45, 7) is 2.18. The van der Waals surface area contributed by atoms with Crippen molar-refractivity contribution < 1.29 is 0 Å². The Balaban J connectivity index is 2.17. The molecule has 0 heteroatoms. The van der Waals surface area contributed by atoms with Gasteiger partial charge in [0, 0.05) is 0 Å². The molecule has 0 atom stereocenters. The molecule has 2 aromatic rings. The number of aryl methyl sites for hydroxylation is 1. The number of benzene rings is 2. The van der Waals surface area contributed by atoms with Gasteiger partial charge in [-0.1, -0.05) is 55.5 Å². The van der Waals surface area contributed by atoms with Crippen LogP contribution in [0.2, 0.25) is 0 Å². The summed E-state index contributed by atoms with van der Waals surface area (Å²) in [4.78, 5) is 0. The molecular weight excluding hydrogens is 180 g/mol. The van der Waals surface area contributed by atoms with Crippen LogP contribution in [0.4, 0.5) is 0 Å². The van der Waals surface area contributed by atoms with Gasteiger partial charge in [0.2, 0.25) is 0 Å². The molecule has 0 aromatic heterocycles. The largest absolute Gasteiger partial charge is 0.0622 e. The molecule has 0 aliphatic carbocycles. The van der Waals surface area contributed by atoms with E-state index >= 15 is 0 Å². The summed E-state index contributed by atoms with van der Waals surface area (Å²) in [5.74, 6) is 0. The van der Waals surface area contributed by atoms with E-state index in [0.717, 1.165) is 12.8 Å². The molecule has 0 nitrogen and oxygen atoms in total. The van der Waals surface area contributed by atoms with Crippen LogP contribution in [0.15, 0.2) is 48.5 Å². The van der Waals surface area contributed by atoms with Gasteiger partial charge in [0.25, 0.3) is 0 Å². The van der Waals surface area contributed by atoms with Gasteiger partial charge in [0.1, 0.15) is 0 Å². The van der Waals surface area contributed by atoms with Crippen molar-refractivity contribution in [1.82, 2.24) is 0 Å². The third-order valence-corrected chi connectivity index (χ3v) is 2.57. The molecule has 15 heavy (non-hydrogen) atoms. The molecular formula is C15H15. The highest BCUT2D eigenvalue weighted by atomic mass is 14.0. The normalized spacial score (nSPS) is 10.2. The van der Waals surface area contributed by atoms with Crippen LogP contribution in [0.25, 0.3) is 0 Å². The van der Waals surface area contributed by atoms with Crippen LogP contribution in [-0.2, 0) is 12.8 Å². The van der Waals surface area contributed by atoms with Crippen LogP contribution < -0.4 is 0 Å². The molecule has 0 unspecified atom stereocenters. The van der Waals surface area contributed by atoms with E-state index in [4.69, 9.17) is 0 Å². The van der Waals surface area contributed by atoms with Crippen LogP contribution >= 0.6 is 0 Å². The molecule has 0 spiro atoms. The molecule has 2 aromatic carbocycles. The van der Waals surface area contributed by atoms with Gasteiger partial charge in [0.15, 0.2) is 0 Å². The number of hydrogen-bond donors (Lipinski definition) is 0. The van der Waals surface area contributed by atoms with Crippen LogP contribution in [-0.4, -0.2) is 0 Å². The van der Waals surface area contributed by atoms with E-state index in [-0.39, 0.29) is 0 Å². The molecule has 2 rings (SSSR count). The Morgan fingerprint density at radius 2 is 1.80 bits per heavy atom. The molecule has 0 heterocycles. The minimum Gasteiger partial charge on any atom is -0.0622 e. The second-order valence-electron chi connectivity index (χ2n) is 3.74. The molecule has 0 aliphatic heterocycles. The first-order valence-corrected chi connectivity index (χ1v) is 5.42. The standard InChI is InChI=1S/C15H15/c1-2-13-9-6-10-15(11-13)12-14-7-4-3-5-8-14/h3-9,11H,2,12H2,1H3. The van der Waals surface area contributed by atoms with Crippen molar-refractivity contribution in [2.75, 3.05) is 0 Å². The highest BCUT2D eigenvalue weighted by molar-refractivity contribution is 5.28. The highest BCUT2D eigenvalue weighted by Crippen LogP contribution is 2.11. The summed E-state index contributed by atoms with van der Waals surface area (Å²) in [7, 11) is 0. The van der Waals surface area contributed by atoms with E-state index in [2.05, 4.69) is 55.5 Å². The minimum atomic E-state index is 0.981. The fourth-order valence-electron chi connectivity index (χ4n) is 1.71. The summed E-state index contributed by atoms with van der Waals surface area (Å²) in [5.41, 5.74) is 4.02. The van der Waals surface area contributed by atoms with Crippen LogP contribution in [0, 0.1) is 6.07 Å². The Bertz CT molecular complexity index is 415. The van der Waals surface area contributed by atoms with Crippen molar-refractivity contribution in [2.24, 2.45) is 0 Å². The van der Waals surface area contributed by atoms with Gasteiger partial charge in [-0.25, -0.2) is 0 Å². The predicted molar refractivity (Wildman–Crippen MR) is 63.9 cm³/mol. The van der Waals surface area contributed by atoms with Crippen molar-refractivity contribution in [2.45, 2.75) is 19.8 Å². The first-order valence-electron chi connectivity index (χ1n) is 5.42. The maximum absolute atomic E-state index is 3.29. The summed E-state index contributed by atoms with van der Waals surface area (Å²) < 4.78 is 0.